The maximum Gasteiger partial charge on any atom is 0.224 e. The number of ether oxygens (including phenoxy) is 2. The van der Waals surface area contributed by atoms with Gasteiger partial charge in [-0.05, 0) is 53.9 Å². The molecule has 0 spiro atoms. The monoisotopic (exact) mass is 611 g/mol. The van der Waals surface area contributed by atoms with E-state index in [0.29, 0.717) is 29.9 Å². The SMILES string of the molecule is Nc1ccccc1NC(=O)CCCC(=O)Nc1cccc([C@@H]2O[C@H](CSc3ccccc3)C[C@H](c3ccc(CO)cc3)O2)c1. The van der Waals surface area contributed by atoms with Crippen molar-refractivity contribution in [1.29, 1.82) is 0 Å². The van der Waals surface area contributed by atoms with Crippen LogP contribution in [0.1, 0.15) is 54.8 Å². The number of amides is 2. The molecule has 9 heteroatoms. The van der Waals surface area contributed by atoms with Gasteiger partial charge in [-0.2, -0.15) is 0 Å². The van der Waals surface area contributed by atoms with Gasteiger partial charge in [-0.3, -0.25) is 9.59 Å². The summed E-state index contributed by atoms with van der Waals surface area (Å²) < 4.78 is 12.9. The standard InChI is InChI=1S/C35H37N3O5S/c36-30-12-4-5-13-31(30)38-34(41)15-7-14-33(40)37-27-9-6-8-26(20-27)35-42-28(23-44-29-10-2-1-3-11-29)21-32(43-35)25-18-16-24(22-39)17-19-25/h1-6,8-13,16-20,28,32,35,39H,7,14-15,21-23,36H2,(H,37,40)(H,38,41)/t28-,32+,35+/m0/s1. The molecule has 8 nitrogen and oxygen atoms in total. The van der Waals surface area contributed by atoms with Gasteiger partial charge >= 0.3 is 0 Å². The Balaban J connectivity index is 1.20. The summed E-state index contributed by atoms with van der Waals surface area (Å²) in [6.07, 6.45) is 0.596. The van der Waals surface area contributed by atoms with Gasteiger partial charge in [-0.25, -0.2) is 0 Å². The van der Waals surface area contributed by atoms with E-state index in [-0.39, 0.29) is 43.5 Å². The van der Waals surface area contributed by atoms with Crippen LogP contribution in [-0.4, -0.2) is 28.8 Å². The average molecular weight is 612 g/mol. The number of para-hydroxylation sites is 2. The number of nitrogen functional groups attached to an aromatic ring is 1. The zero-order valence-electron chi connectivity index (χ0n) is 24.4. The maximum atomic E-state index is 12.7. The summed E-state index contributed by atoms with van der Waals surface area (Å²) in [6, 6.07) is 32.6. The van der Waals surface area contributed by atoms with Crippen LogP contribution in [0.5, 0.6) is 0 Å². The summed E-state index contributed by atoms with van der Waals surface area (Å²) in [7, 11) is 0. The van der Waals surface area contributed by atoms with E-state index in [1.54, 1.807) is 36.0 Å². The van der Waals surface area contributed by atoms with Crippen molar-refractivity contribution in [3.63, 3.8) is 0 Å². The third-order valence-corrected chi connectivity index (χ3v) is 8.42. The second-order valence-electron chi connectivity index (χ2n) is 10.6. The lowest BCUT2D eigenvalue weighted by molar-refractivity contribution is -0.245. The largest absolute Gasteiger partial charge is 0.397 e. The molecule has 4 aromatic rings. The molecule has 1 aliphatic heterocycles. The number of benzene rings is 4. The van der Waals surface area contributed by atoms with Crippen molar-refractivity contribution in [2.45, 2.75) is 55.7 Å². The molecule has 3 atom stereocenters. The van der Waals surface area contributed by atoms with Crippen LogP contribution in [0.25, 0.3) is 0 Å². The van der Waals surface area contributed by atoms with Crippen LogP contribution >= 0.6 is 11.8 Å². The van der Waals surface area contributed by atoms with Gasteiger partial charge in [0.05, 0.1) is 30.2 Å². The Morgan fingerprint density at radius 3 is 2.30 bits per heavy atom. The molecule has 5 N–H and O–H groups in total. The molecule has 0 aromatic heterocycles. The van der Waals surface area contributed by atoms with Crippen molar-refractivity contribution in [1.82, 2.24) is 0 Å². The van der Waals surface area contributed by atoms with Crippen molar-refractivity contribution in [2.24, 2.45) is 0 Å². The van der Waals surface area contributed by atoms with Crippen molar-refractivity contribution in [3.8, 4) is 0 Å². The van der Waals surface area contributed by atoms with E-state index >= 15 is 0 Å². The molecular weight excluding hydrogens is 574 g/mol. The Hall–Kier alpha value is -4.15. The number of rotatable bonds is 12. The van der Waals surface area contributed by atoms with E-state index < -0.39 is 6.29 Å². The molecule has 1 aliphatic rings. The minimum Gasteiger partial charge on any atom is -0.397 e. The van der Waals surface area contributed by atoms with E-state index in [1.807, 2.05) is 66.7 Å². The van der Waals surface area contributed by atoms with E-state index in [4.69, 9.17) is 15.2 Å². The van der Waals surface area contributed by atoms with Crippen molar-refractivity contribution in [3.05, 3.63) is 120 Å². The number of nitrogens with two attached hydrogens (primary N) is 1. The fraction of sp³-hybridized carbons (Fsp3) is 0.257. The highest BCUT2D eigenvalue weighted by Gasteiger charge is 2.32. The number of thioether (sulfide) groups is 1. The second-order valence-corrected chi connectivity index (χ2v) is 11.7. The summed E-state index contributed by atoms with van der Waals surface area (Å²) >= 11 is 1.74. The van der Waals surface area contributed by atoms with Crippen molar-refractivity contribution >= 4 is 40.6 Å². The molecule has 0 saturated carbocycles. The normalized spacial score (nSPS) is 18.0. The van der Waals surface area contributed by atoms with Gasteiger partial charge < -0.3 is 30.9 Å². The number of anilines is 3. The summed E-state index contributed by atoms with van der Waals surface area (Å²) in [5.74, 6) is 0.388. The fourth-order valence-corrected chi connectivity index (χ4v) is 5.89. The van der Waals surface area contributed by atoms with E-state index in [0.717, 1.165) is 22.4 Å². The third-order valence-electron chi connectivity index (χ3n) is 7.28. The number of aliphatic hydroxyl groups is 1. The van der Waals surface area contributed by atoms with E-state index in [2.05, 4.69) is 22.8 Å². The summed E-state index contributed by atoms with van der Waals surface area (Å²) in [5, 5.41) is 15.2. The molecule has 5 rings (SSSR count). The number of aliphatic hydroxyl groups excluding tert-OH is 1. The lowest BCUT2D eigenvalue weighted by atomic mass is 10.0. The molecule has 0 radical (unpaired) electrons. The molecule has 1 heterocycles. The van der Waals surface area contributed by atoms with Gasteiger partial charge in [0.15, 0.2) is 6.29 Å². The highest BCUT2D eigenvalue weighted by Crippen LogP contribution is 2.40. The molecular formula is C35H37N3O5S. The van der Waals surface area contributed by atoms with Crippen LogP contribution < -0.4 is 16.4 Å². The molecule has 44 heavy (non-hydrogen) atoms. The molecule has 0 aliphatic carbocycles. The maximum absolute atomic E-state index is 12.7. The lowest BCUT2D eigenvalue weighted by Crippen LogP contribution is -2.31. The molecule has 0 unspecified atom stereocenters. The third kappa shape index (κ3) is 8.93. The van der Waals surface area contributed by atoms with E-state index in [1.165, 1.54) is 4.90 Å². The van der Waals surface area contributed by atoms with Crippen LogP contribution in [0.15, 0.2) is 108 Å². The van der Waals surface area contributed by atoms with Gasteiger partial charge in [-0.15, -0.1) is 11.8 Å². The topological polar surface area (TPSA) is 123 Å². The molecule has 1 saturated heterocycles. The molecule has 2 amide bonds. The molecule has 228 valence electrons. The Morgan fingerprint density at radius 1 is 0.818 bits per heavy atom. The number of carbonyl (C=O) groups excluding carboxylic acids is 2. The predicted molar refractivity (Wildman–Crippen MR) is 174 cm³/mol. The summed E-state index contributed by atoms with van der Waals surface area (Å²) in [4.78, 5) is 26.2. The van der Waals surface area contributed by atoms with Gasteiger partial charge in [0.2, 0.25) is 11.8 Å². The lowest BCUT2D eigenvalue weighted by Gasteiger charge is -2.36. The van der Waals surface area contributed by atoms with Crippen LogP contribution in [0.3, 0.4) is 0 Å². The van der Waals surface area contributed by atoms with Crippen LogP contribution in [0.2, 0.25) is 0 Å². The number of nitrogens with one attached hydrogen (secondary N) is 2. The molecule has 0 bridgehead atoms. The van der Waals surface area contributed by atoms with Crippen LogP contribution in [0.4, 0.5) is 17.1 Å². The fourth-order valence-electron chi connectivity index (χ4n) is 4.95. The minimum absolute atomic E-state index is 0.0115. The van der Waals surface area contributed by atoms with E-state index in [9.17, 15) is 14.7 Å². The quantitative estimate of drug-likeness (QED) is 0.102. The smallest absolute Gasteiger partial charge is 0.224 e. The first-order valence-corrected chi connectivity index (χ1v) is 15.7. The molecule has 4 aromatic carbocycles. The van der Waals surface area contributed by atoms with Gasteiger partial charge in [0, 0.05) is 41.2 Å². The zero-order valence-corrected chi connectivity index (χ0v) is 25.2. The second kappa shape index (κ2) is 15.5. The Bertz CT molecular complexity index is 1530. The number of hydrogen-bond donors (Lipinski definition) is 4. The Labute approximate surface area is 262 Å². The Morgan fingerprint density at radius 2 is 1.55 bits per heavy atom. The van der Waals surface area contributed by atoms with Crippen LogP contribution in [0, 0.1) is 0 Å². The summed E-state index contributed by atoms with van der Waals surface area (Å²) in [6.45, 7) is -0.0115. The van der Waals surface area contributed by atoms with Gasteiger partial charge in [-0.1, -0.05) is 66.7 Å². The van der Waals surface area contributed by atoms with Crippen molar-refractivity contribution in [2.75, 3.05) is 22.1 Å². The predicted octanol–water partition coefficient (Wildman–Crippen LogP) is 6.85. The molecule has 1 fully saturated rings. The minimum atomic E-state index is -0.626. The number of hydrogen-bond acceptors (Lipinski definition) is 7. The van der Waals surface area contributed by atoms with Gasteiger partial charge in [0.1, 0.15) is 0 Å². The van der Waals surface area contributed by atoms with Crippen LogP contribution in [-0.2, 0) is 25.7 Å². The first-order chi connectivity index (χ1) is 21.5. The first kappa shape index (κ1) is 31.3. The zero-order chi connectivity index (χ0) is 30.7. The summed E-state index contributed by atoms with van der Waals surface area (Å²) in [5.41, 5.74) is 10.2. The first-order valence-electron chi connectivity index (χ1n) is 14.7. The number of carbonyl (C=O) groups is 2. The van der Waals surface area contributed by atoms with Crippen molar-refractivity contribution < 1.29 is 24.2 Å². The Kier molecular flexibility index (Phi) is 11.0. The average Bonchev–Trinajstić information content (AvgIpc) is 3.05. The highest BCUT2D eigenvalue weighted by molar-refractivity contribution is 7.99. The van der Waals surface area contributed by atoms with Gasteiger partial charge in [0.25, 0.3) is 0 Å². The highest BCUT2D eigenvalue weighted by atomic mass is 32.2.